The van der Waals surface area contributed by atoms with Crippen LogP contribution < -0.4 is 16.4 Å². The fourth-order valence-corrected chi connectivity index (χ4v) is 3.21. The van der Waals surface area contributed by atoms with Crippen molar-refractivity contribution in [1.82, 2.24) is 0 Å². The second-order valence-electron chi connectivity index (χ2n) is 6.45. The molecule has 0 unspecified atom stereocenters. The molecule has 0 atom stereocenters. The van der Waals surface area contributed by atoms with E-state index in [4.69, 9.17) is 0 Å². The largest absolute Gasteiger partial charge is 0.399 e. The van der Waals surface area contributed by atoms with Gasteiger partial charge in [-0.1, -0.05) is 34.9 Å². The quantitative estimate of drug-likeness (QED) is 0.137. The third-order valence-corrected chi connectivity index (χ3v) is 4.67. The molecule has 0 radical (unpaired) electrons. The van der Waals surface area contributed by atoms with Crippen LogP contribution in [0.25, 0.3) is 0 Å². The Hall–Kier alpha value is -3.51. The van der Waals surface area contributed by atoms with Gasteiger partial charge in [-0.3, -0.25) is 0 Å². The number of hydrogen-bond acceptors (Lipinski definition) is 2. The first-order chi connectivity index (χ1) is 15.5. The van der Waals surface area contributed by atoms with Crippen molar-refractivity contribution in [3.8, 4) is 0 Å². The van der Waals surface area contributed by atoms with Crippen LogP contribution in [0.4, 0.5) is 43.9 Å². The van der Waals surface area contributed by atoms with Gasteiger partial charge in [0.25, 0.3) is 6.71 Å². The van der Waals surface area contributed by atoms with Gasteiger partial charge in [0.05, 0.1) is 6.21 Å². The first kappa shape index (κ1) is 24.1. The maximum atomic E-state index is 14.7. The summed E-state index contributed by atoms with van der Waals surface area (Å²) in [5, 5.41) is 3.34. The van der Waals surface area contributed by atoms with Gasteiger partial charge in [0.15, 0.2) is 58.2 Å². The molecule has 33 heavy (non-hydrogen) atoms. The highest BCUT2D eigenvalue weighted by Crippen LogP contribution is 2.21. The smallest absolute Gasteiger partial charge is 0.257 e. The van der Waals surface area contributed by atoms with Gasteiger partial charge in [-0.25, -0.2) is 43.9 Å². The molecule has 2 nitrogen and oxygen atoms in total. The highest BCUT2D eigenvalue weighted by molar-refractivity contribution is 6.96. The van der Waals surface area contributed by atoms with Crippen LogP contribution in [0.1, 0.15) is 5.56 Å². The van der Waals surface area contributed by atoms with Crippen molar-refractivity contribution >= 4 is 29.3 Å². The van der Waals surface area contributed by atoms with Gasteiger partial charge in [-0.2, -0.15) is 0 Å². The molecule has 0 N–H and O–H groups in total. The Bertz CT molecular complexity index is 1150. The summed E-state index contributed by atoms with van der Waals surface area (Å²) in [7, 11) is 1.07. The van der Waals surface area contributed by atoms with Gasteiger partial charge < -0.3 is 4.84 Å². The highest BCUT2D eigenvalue weighted by atomic mass is 19.2. The van der Waals surface area contributed by atoms with E-state index in [1.807, 2.05) is 0 Å². The number of rotatable bonds is 5. The van der Waals surface area contributed by atoms with Crippen molar-refractivity contribution in [3.05, 3.63) is 88.0 Å². The molecule has 0 aliphatic heterocycles. The third-order valence-electron chi connectivity index (χ3n) is 4.67. The molecular weight excluding hydrogens is 471 g/mol. The zero-order chi connectivity index (χ0) is 24.6. The predicted octanol–water partition coefficient (Wildman–Crippen LogP) is 3.57. The van der Waals surface area contributed by atoms with Crippen LogP contribution in [-0.4, -0.2) is 20.0 Å². The zero-order valence-corrected chi connectivity index (χ0v) is 16.1. The molecule has 0 heterocycles. The van der Waals surface area contributed by atoms with E-state index in [0.29, 0.717) is 0 Å². The lowest BCUT2D eigenvalue weighted by Gasteiger charge is -2.21. The first-order valence-corrected chi connectivity index (χ1v) is 8.72. The predicted molar refractivity (Wildman–Crippen MR) is 98.2 cm³/mol. The van der Waals surface area contributed by atoms with Crippen LogP contribution in [0.2, 0.25) is 0 Å². The van der Waals surface area contributed by atoms with Gasteiger partial charge in [0.1, 0.15) is 7.11 Å². The molecule has 13 heteroatoms. The van der Waals surface area contributed by atoms with Gasteiger partial charge >= 0.3 is 0 Å². The molecule has 0 bridgehead atoms. The Morgan fingerprint density at radius 1 is 0.606 bits per heavy atom. The Morgan fingerprint density at radius 2 is 0.970 bits per heavy atom. The molecule has 0 saturated heterocycles. The summed E-state index contributed by atoms with van der Waals surface area (Å²) < 4.78 is 141. The van der Waals surface area contributed by atoms with E-state index in [2.05, 4.69) is 9.99 Å². The summed E-state index contributed by atoms with van der Waals surface area (Å²) in [6, 6.07) is 4.46. The van der Waals surface area contributed by atoms with Crippen molar-refractivity contribution in [2.45, 2.75) is 0 Å². The van der Waals surface area contributed by atoms with E-state index >= 15 is 0 Å². The van der Waals surface area contributed by atoms with E-state index in [-0.39, 0.29) is 5.56 Å². The Balaban J connectivity index is 2.55. The van der Waals surface area contributed by atoms with Gasteiger partial charge in [-0.05, 0) is 5.56 Å². The van der Waals surface area contributed by atoms with Crippen molar-refractivity contribution in [1.29, 1.82) is 0 Å². The monoisotopic (exact) mass is 479 g/mol. The molecule has 0 aliphatic carbocycles. The third kappa shape index (κ3) is 3.91. The van der Waals surface area contributed by atoms with Crippen LogP contribution in [0.3, 0.4) is 0 Å². The van der Waals surface area contributed by atoms with Crippen LogP contribution in [0.5, 0.6) is 0 Å². The van der Waals surface area contributed by atoms with E-state index < -0.39 is 81.3 Å². The van der Waals surface area contributed by atoms with Crippen LogP contribution >= 0.6 is 0 Å². The Kier molecular flexibility index (Phi) is 6.70. The molecule has 172 valence electrons. The minimum atomic E-state index is -2.68. The maximum Gasteiger partial charge on any atom is 0.257 e. The van der Waals surface area contributed by atoms with Gasteiger partial charge in [-0.15, -0.1) is 0 Å². The molecule has 0 amide bonds. The van der Waals surface area contributed by atoms with Crippen molar-refractivity contribution < 1.29 is 48.7 Å². The second kappa shape index (κ2) is 9.16. The molecule has 3 aromatic carbocycles. The van der Waals surface area contributed by atoms with Gasteiger partial charge in [0.2, 0.25) is 0 Å². The fourth-order valence-electron chi connectivity index (χ4n) is 3.21. The summed E-state index contributed by atoms with van der Waals surface area (Å²) in [6.07, 6.45) is 0.834. The van der Waals surface area contributed by atoms with Crippen molar-refractivity contribution in [2.75, 3.05) is 7.11 Å². The highest BCUT2D eigenvalue weighted by Gasteiger charge is 2.41. The average molecular weight is 479 g/mol. The summed E-state index contributed by atoms with van der Waals surface area (Å²) in [5.74, 6) is -25.2. The normalized spacial score (nSPS) is 11.4. The fraction of sp³-hybridized carbons (Fsp3) is 0.0500. The van der Waals surface area contributed by atoms with E-state index in [0.717, 1.165) is 31.5 Å². The lowest BCUT2D eigenvalue weighted by Crippen LogP contribution is -2.59. The molecule has 0 fully saturated rings. The number of hydrogen-bond donors (Lipinski definition) is 0. The number of nitrogens with zero attached hydrogens (tertiary/aromatic N) is 1. The molecule has 0 saturated carbocycles. The van der Waals surface area contributed by atoms with E-state index in [1.165, 1.54) is 6.07 Å². The molecule has 0 aromatic heterocycles. The lowest BCUT2D eigenvalue weighted by molar-refractivity contribution is 0.215. The summed E-state index contributed by atoms with van der Waals surface area (Å²) in [6.45, 7) is -2.68. The summed E-state index contributed by atoms with van der Waals surface area (Å²) in [5.41, 5.74) is -4.54. The molecule has 0 aliphatic rings. The minimum absolute atomic E-state index is 0.253. The standard InChI is InChI=1S/C20H8BF10NO/c1-33-32-6-7-4-2-3-5-8(7)21(9-11(22)15(26)19(30)16(27)12(9)23)10-13(24)17(28)20(31)18(29)14(10)25/h2-6H,1H3/b32-6+. The van der Waals surface area contributed by atoms with Crippen LogP contribution in [0, 0.1) is 58.2 Å². The van der Waals surface area contributed by atoms with Gasteiger partial charge in [0, 0.05) is 10.9 Å². The van der Waals surface area contributed by atoms with Crippen molar-refractivity contribution in [3.63, 3.8) is 0 Å². The topological polar surface area (TPSA) is 21.6 Å². The Labute approximate surface area is 179 Å². The Morgan fingerprint density at radius 3 is 1.36 bits per heavy atom. The SMILES string of the molecule is CO/N=C/c1ccccc1B(c1c(F)c(F)c(F)c(F)c1F)c1c(F)c(F)c(F)c(F)c1F. The summed E-state index contributed by atoms with van der Waals surface area (Å²) >= 11 is 0. The maximum absolute atomic E-state index is 14.7. The average Bonchev–Trinajstić information content (AvgIpc) is 2.82. The molecule has 0 spiro atoms. The van der Waals surface area contributed by atoms with E-state index in [9.17, 15) is 43.9 Å². The lowest BCUT2D eigenvalue weighted by atomic mass is 9.35. The minimum Gasteiger partial charge on any atom is -0.399 e. The number of oxime groups is 1. The molecule has 3 aromatic rings. The zero-order valence-electron chi connectivity index (χ0n) is 16.1. The first-order valence-electron chi connectivity index (χ1n) is 8.72. The molecular formula is C20H8BF10NO. The number of halogens is 10. The molecule has 3 rings (SSSR count). The van der Waals surface area contributed by atoms with Crippen molar-refractivity contribution in [2.24, 2.45) is 5.16 Å². The van der Waals surface area contributed by atoms with Crippen LogP contribution in [-0.2, 0) is 4.84 Å². The number of benzene rings is 3. The van der Waals surface area contributed by atoms with E-state index in [1.54, 1.807) is 0 Å². The summed E-state index contributed by atoms with van der Waals surface area (Å²) in [4.78, 5) is 4.43. The van der Waals surface area contributed by atoms with Crippen LogP contribution in [0.15, 0.2) is 29.4 Å². The second-order valence-corrected chi connectivity index (χ2v) is 6.45.